The van der Waals surface area contributed by atoms with Crippen molar-refractivity contribution in [2.45, 2.75) is 13.2 Å². The van der Waals surface area contributed by atoms with Crippen molar-refractivity contribution in [2.24, 2.45) is 0 Å². The minimum Gasteiger partial charge on any atom is -0.489 e. The summed E-state index contributed by atoms with van der Waals surface area (Å²) in [6.45, 7) is 3.43. The van der Waals surface area contributed by atoms with Gasteiger partial charge in [0.25, 0.3) is 11.5 Å². The molecule has 164 valence electrons. The maximum absolute atomic E-state index is 13.0. The molecule has 0 unspecified atom stereocenters. The van der Waals surface area contributed by atoms with Crippen molar-refractivity contribution in [3.8, 4) is 5.75 Å². The molecule has 3 aromatic heterocycles. The predicted octanol–water partition coefficient (Wildman–Crippen LogP) is 2.89. The van der Waals surface area contributed by atoms with Gasteiger partial charge in [0.15, 0.2) is 10.7 Å². The topological polar surface area (TPSA) is 80.3 Å². The number of benzene rings is 1. The van der Waals surface area contributed by atoms with Gasteiger partial charge >= 0.3 is 0 Å². The number of furan rings is 1. The maximum Gasteiger partial charge on any atom is 0.290 e. The lowest BCUT2D eigenvalue weighted by atomic mass is 10.2. The third kappa shape index (κ3) is 4.30. The molecule has 1 aliphatic heterocycles. The normalized spacial score (nSPS) is 14.7. The van der Waals surface area contributed by atoms with Crippen molar-refractivity contribution in [2.75, 3.05) is 26.2 Å². The molecule has 1 saturated heterocycles. The monoisotopic (exact) mass is 450 g/mol. The number of ether oxygens (including phenoxy) is 1. The molecule has 1 aromatic carbocycles. The van der Waals surface area contributed by atoms with Crippen LogP contribution in [0.5, 0.6) is 5.75 Å². The molecular weight excluding hydrogens is 428 g/mol. The zero-order valence-electron chi connectivity index (χ0n) is 17.3. The Bertz CT molecular complexity index is 1270. The summed E-state index contributed by atoms with van der Waals surface area (Å²) >= 11 is 1.44. The number of thiazole rings is 1. The second-order valence-electron chi connectivity index (χ2n) is 7.59. The SMILES string of the molecule is O=C(c1occc1COc1ccccc1)N1CCN(Cc2cc(=O)n3ccsc3n2)CC1. The molecule has 1 aliphatic rings. The molecule has 8 nitrogen and oxygen atoms in total. The van der Waals surface area contributed by atoms with E-state index in [1.54, 1.807) is 27.6 Å². The summed E-state index contributed by atoms with van der Waals surface area (Å²) in [7, 11) is 0. The van der Waals surface area contributed by atoms with Crippen LogP contribution < -0.4 is 10.3 Å². The average molecular weight is 451 g/mol. The summed E-state index contributed by atoms with van der Waals surface area (Å²) in [6.07, 6.45) is 3.26. The summed E-state index contributed by atoms with van der Waals surface area (Å²) in [5.41, 5.74) is 1.42. The molecule has 4 aromatic rings. The van der Waals surface area contributed by atoms with E-state index in [0.717, 1.165) is 17.0 Å². The Balaban J connectivity index is 1.19. The molecule has 0 spiro atoms. The molecule has 1 fully saturated rings. The van der Waals surface area contributed by atoms with Gasteiger partial charge in [0.05, 0.1) is 12.0 Å². The molecule has 0 atom stereocenters. The third-order valence-corrected chi connectivity index (χ3v) is 6.24. The number of hydrogen-bond acceptors (Lipinski definition) is 7. The largest absolute Gasteiger partial charge is 0.489 e. The van der Waals surface area contributed by atoms with Crippen LogP contribution in [-0.2, 0) is 13.2 Å². The molecule has 32 heavy (non-hydrogen) atoms. The number of nitrogens with zero attached hydrogens (tertiary/aromatic N) is 4. The molecule has 5 rings (SSSR count). The molecule has 0 N–H and O–H groups in total. The van der Waals surface area contributed by atoms with E-state index < -0.39 is 0 Å². The van der Waals surface area contributed by atoms with Crippen LogP contribution in [0.3, 0.4) is 0 Å². The quantitative estimate of drug-likeness (QED) is 0.449. The van der Waals surface area contributed by atoms with Crippen molar-refractivity contribution in [3.63, 3.8) is 0 Å². The van der Waals surface area contributed by atoms with Gasteiger partial charge in [-0.05, 0) is 18.2 Å². The van der Waals surface area contributed by atoms with Gasteiger partial charge in [0.2, 0.25) is 0 Å². The van der Waals surface area contributed by atoms with E-state index in [1.807, 2.05) is 35.7 Å². The average Bonchev–Trinajstić information content (AvgIpc) is 3.48. The van der Waals surface area contributed by atoms with E-state index >= 15 is 0 Å². The number of hydrogen-bond donors (Lipinski definition) is 0. The number of carbonyl (C=O) groups excluding carboxylic acids is 1. The number of rotatable bonds is 6. The number of aromatic nitrogens is 2. The summed E-state index contributed by atoms with van der Waals surface area (Å²) in [4.78, 5) is 34.5. The van der Waals surface area contributed by atoms with Gasteiger partial charge < -0.3 is 14.1 Å². The van der Waals surface area contributed by atoms with Crippen molar-refractivity contribution in [1.82, 2.24) is 19.2 Å². The summed E-state index contributed by atoms with van der Waals surface area (Å²) in [6, 6.07) is 12.8. The van der Waals surface area contributed by atoms with Crippen molar-refractivity contribution in [1.29, 1.82) is 0 Å². The molecule has 1 amide bonds. The number of piperazine rings is 1. The Morgan fingerprint density at radius 3 is 2.75 bits per heavy atom. The molecule has 0 aliphatic carbocycles. The fourth-order valence-electron chi connectivity index (χ4n) is 3.77. The van der Waals surface area contributed by atoms with Gasteiger partial charge in [-0.25, -0.2) is 4.98 Å². The van der Waals surface area contributed by atoms with Gasteiger partial charge in [-0.1, -0.05) is 18.2 Å². The second kappa shape index (κ2) is 8.97. The summed E-state index contributed by atoms with van der Waals surface area (Å²) in [5.74, 6) is 0.944. The van der Waals surface area contributed by atoms with Crippen LogP contribution in [-0.4, -0.2) is 51.3 Å². The maximum atomic E-state index is 13.0. The number of fused-ring (bicyclic) bond motifs is 1. The fourth-order valence-corrected chi connectivity index (χ4v) is 4.50. The first kappa shape index (κ1) is 20.5. The van der Waals surface area contributed by atoms with E-state index in [4.69, 9.17) is 9.15 Å². The van der Waals surface area contributed by atoms with E-state index in [-0.39, 0.29) is 18.1 Å². The smallest absolute Gasteiger partial charge is 0.290 e. The van der Waals surface area contributed by atoms with Crippen molar-refractivity contribution in [3.05, 3.63) is 87.7 Å². The van der Waals surface area contributed by atoms with Crippen LogP contribution in [0, 0.1) is 0 Å². The van der Waals surface area contributed by atoms with Gasteiger partial charge in [0.1, 0.15) is 12.4 Å². The number of amides is 1. The minimum atomic E-state index is -0.127. The third-order valence-electron chi connectivity index (χ3n) is 5.48. The van der Waals surface area contributed by atoms with Crippen LogP contribution >= 0.6 is 11.3 Å². The van der Waals surface area contributed by atoms with Crippen LogP contribution in [0.4, 0.5) is 0 Å². The van der Waals surface area contributed by atoms with Crippen LogP contribution in [0.2, 0.25) is 0 Å². The Hall–Kier alpha value is -3.43. The van der Waals surface area contributed by atoms with Gasteiger partial charge in [-0.2, -0.15) is 0 Å². The van der Waals surface area contributed by atoms with Gasteiger partial charge in [-0.3, -0.25) is 18.9 Å². The van der Waals surface area contributed by atoms with E-state index in [9.17, 15) is 9.59 Å². The Kier molecular flexibility index (Phi) is 5.74. The predicted molar refractivity (Wildman–Crippen MR) is 120 cm³/mol. The fraction of sp³-hybridized carbons (Fsp3) is 0.261. The standard InChI is InChI=1S/C23H22N4O4S/c28-20-14-18(24-23-27(20)11-13-32-23)15-25-7-9-26(10-8-25)22(29)21-17(6-12-30-21)16-31-19-4-2-1-3-5-19/h1-6,11-14H,7-10,15-16H2. The van der Waals surface area contributed by atoms with Crippen LogP contribution in [0.15, 0.2) is 69.5 Å². The van der Waals surface area contributed by atoms with Crippen molar-refractivity contribution < 1.29 is 13.9 Å². The van der Waals surface area contributed by atoms with Crippen LogP contribution in [0.25, 0.3) is 4.96 Å². The van der Waals surface area contributed by atoms with E-state index in [0.29, 0.717) is 43.4 Å². The van der Waals surface area contributed by atoms with E-state index in [1.165, 1.54) is 17.6 Å². The summed E-state index contributed by atoms with van der Waals surface area (Å²) in [5, 5.41) is 1.85. The molecule has 0 saturated carbocycles. The highest BCUT2D eigenvalue weighted by Crippen LogP contribution is 2.19. The molecule has 0 radical (unpaired) electrons. The first-order valence-corrected chi connectivity index (χ1v) is 11.3. The lowest BCUT2D eigenvalue weighted by molar-refractivity contribution is 0.0593. The first-order chi connectivity index (χ1) is 15.7. The zero-order valence-corrected chi connectivity index (χ0v) is 18.2. The van der Waals surface area contributed by atoms with Gasteiger partial charge in [-0.15, -0.1) is 11.3 Å². The highest BCUT2D eigenvalue weighted by molar-refractivity contribution is 7.15. The summed E-state index contributed by atoms with van der Waals surface area (Å²) < 4.78 is 12.8. The van der Waals surface area contributed by atoms with Gasteiger partial charge in [0, 0.05) is 55.9 Å². The Labute approximate surface area is 188 Å². The second-order valence-corrected chi connectivity index (χ2v) is 8.46. The Morgan fingerprint density at radius 2 is 1.94 bits per heavy atom. The minimum absolute atomic E-state index is 0.0665. The number of carbonyl (C=O) groups is 1. The van der Waals surface area contributed by atoms with E-state index in [2.05, 4.69) is 9.88 Å². The zero-order chi connectivity index (χ0) is 21.9. The highest BCUT2D eigenvalue weighted by atomic mass is 32.1. The molecular formula is C23H22N4O4S. The van der Waals surface area contributed by atoms with Crippen LogP contribution in [0.1, 0.15) is 21.8 Å². The molecule has 9 heteroatoms. The lowest BCUT2D eigenvalue weighted by Crippen LogP contribution is -2.48. The van der Waals surface area contributed by atoms with Crippen molar-refractivity contribution >= 4 is 22.2 Å². The lowest BCUT2D eigenvalue weighted by Gasteiger charge is -2.34. The number of para-hydroxylation sites is 1. The Morgan fingerprint density at radius 1 is 1.12 bits per heavy atom. The first-order valence-electron chi connectivity index (χ1n) is 10.4. The molecule has 0 bridgehead atoms. The highest BCUT2D eigenvalue weighted by Gasteiger charge is 2.26. The molecule has 4 heterocycles.